The van der Waals surface area contributed by atoms with E-state index in [0.717, 1.165) is 5.56 Å². The van der Waals surface area contributed by atoms with Gasteiger partial charge in [-0.1, -0.05) is 24.3 Å². The van der Waals surface area contributed by atoms with Crippen molar-refractivity contribution in [3.05, 3.63) is 71.2 Å². The van der Waals surface area contributed by atoms with Crippen LogP contribution in [-0.2, 0) is 9.53 Å². The number of benzene rings is 2. The molecule has 22 heavy (non-hydrogen) atoms. The number of esters is 1. The van der Waals surface area contributed by atoms with Gasteiger partial charge in [-0.25, -0.2) is 14.2 Å². The maximum Gasteiger partial charge on any atom is 0.363 e. The Bertz CT molecular complexity index is 796. The number of cyclic esters (lactones) is 1. The molecule has 110 valence electrons. The molecular weight excluding hydrogens is 285 g/mol. The average Bonchev–Trinajstić information content (AvgIpc) is 2.89. The van der Waals surface area contributed by atoms with Crippen LogP contribution in [0.5, 0.6) is 5.75 Å². The molecule has 0 bridgehead atoms. The monoisotopic (exact) mass is 297 g/mol. The van der Waals surface area contributed by atoms with Crippen LogP contribution < -0.4 is 4.74 Å². The SMILES string of the molecule is COc1cccc(C=C2N=C(c3ccccc3F)OC2=O)c1. The zero-order valence-electron chi connectivity index (χ0n) is 11.7. The molecule has 0 fully saturated rings. The molecule has 1 heterocycles. The lowest BCUT2D eigenvalue weighted by atomic mass is 10.2. The van der Waals surface area contributed by atoms with Gasteiger partial charge in [-0.15, -0.1) is 0 Å². The van der Waals surface area contributed by atoms with E-state index in [-0.39, 0.29) is 17.2 Å². The summed E-state index contributed by atoms with van der Waals surface area (Å²) in [5, 5.41) is 0. The van der Waals surface area contributed by atoms with Crippen molar-refractivity contribution in [3.8, 4) is 5.75 Å². The van der Waals surface area contributed by atoms with Gasteiger partial charge in [-0.3, -0.25) is 0 Å². The number of carbonyl (C=O) groups is 1. The van der Waals surface area contributed by atoms with Crippen molar-refractivity contribution in [2.45, 2.75) is 0 Å². The summed E-state index contributed by atoms with van der Waals surface area (Å²) in [7, 11) is 1.56. The molecule has 0 saturated heterocycles. The molecule has 0 amide bonds. The molecular formula is C17H12FNO3. The molecule has 0 N–H and O–H groups in total. The van der Waals surface area contributed by atoms with Crippen LogP contribution >= 0.6 is 0 Å². The second kappa shape index (κ2) is 5.81. The van der Waals surface area contributed by atoms with Crippen molar-refractivity contribution >= 4 is 17.9 Å². The third-order valence-electron chi connectivity index (χ3n) is 3.12. The summed E-state index contributed by atoms with van der Waals surface area (Å²) in [6.07, 6.45) is 1.57. The highest BCUT2D eigenvalue weighted by Gasteiger charge is 2.25. The van der Waals surface area contributed by atoms with Crippen molar-refractivity contribution < 1.29 is 18.7 Å². The van der Waals surface area contributed by atoms with Gasteiger partial charge in [-0.2, -0.15) is 0 Å². The fraction of sp³-hybridized carbons (Fsp3) is 0.0588. The van der Waals surface area contributed by atoms with Crippen LogP contribution in [0.1, 0.15) is 11.1 Å². The molecule has 0 unspecified atom stereocenters. The smallest absolute Gasteiger partial charge is 0.363 e. The van der Waals surface area contributed by atoms with E-state index in [9.17, 15) is 9.18 Å². The Morgan fingerprint density at radius 2 is 2.00 bits per heavy atom. The van der Waals surface area contributed by atoms with Gasteiger partial charge in [0, 0.05) is 0 Å². The number of ether oxygens (including phenoxy) is 2. The minimum absolute atomic E-state index is 0.0303. The summed E-state index contributed by atoms with van der Waals surface area (Å²) in [5.41, 5.74) is 1.02. The Labute approximate surface area is 126 Å². The van der Waals surface area contributed by atoms with Crippen LogP contribution in [0.25, 0.3) is 6.08 Å². The highest BCUT2D eigenvalue weighted by atomic mass is 19.1. The van der Waals surface area contributed by atoms with E-state index >= 15 is 0 Å². The average molecular weight is 297 g/mol. The number of hydrogen-bond donors (Lipinski definition) is 0. The van der Waals surface area contributed by atoms with Gasteiger partial charge in [-0.05, 0) is 35.9 Å². The molecule has 3 rings (SSSR count). The van der Waals surface area contributed by atoms with E-state index in [1.807, 2.05) is 0 Å². The van der Waals surface area contributed by atoms with Crippen LogP contribution in [0.2, 0.25) is 0 Å². The lowest BCUT2D eigenvalue weighted by Crippen LogP contribution is -2.07. The maximum atomic E-state index is 13.7. The van der Waals surface area contributed by atoms with Gasteiger partial charge in [0.05, 0.1) is 12.7 Å². The second-order valence-corrected chi connectivity index (χ2v) is 4.59. The summed E-state index contributed by atoms with van der Waals surface area (Å²) >= 11 is 0. The van der Waals surface area contributed by atoms with Crippen molar-refractivity contribution in [2.24, 2.45) is 4.99 Å². The van der Waals surface area contributed by atoms with E-state index in [1.165, 1.54) is 12.1 Å². The van der Waals surface area contributed by atoms with Gasteiger partial charge in [0.15, 0.2) is 5.70 Å². The van der Waals surface area contributed by atoms with Gasteiger partial charge in [0.1, 0.15) is 11.6 Å². The fourth-order valence-electron chi connectivity index (χ4n) is 2.05. The summed E-state index contributed by atoms with van der Waals surface area (Å²) in [4.78, 5) is 15.9. The van der Waals surface area contributed by atoms with Crippen LogP contribution in [-0.4, -0.2) is 19.0 Å². The quantitative estimate of drug-likeness (QED) is 0.646. The summed E-state index contributed by atoms with van der Waals surface area (Å²) in [6.45, 7) is 0. The third kappa shape index (κ3) is 2.74. The number of rotatable bonds is 3. The first-order valence-corrected chi connectivity index (χ1v) is 6.59. The van der Waals surface area contributed by atoms with E-state index < -0.39 is 11.8 Å². The largest absolute Gasteiger partial charge is 0.497 e. The standard InChI is InChI=1S/C17H12FNO3/c1-21-12-6-4-5-11(9-12)10-15-17(20)22-16(19-15)13-7-2-3-8-14(13)18/h2-10H,1H3. The maximum absolute atomic E-state index is 13.7. The van der Waals surface area contributed by atoms with Crippen LogP contribution in [0, 0.1) is 5.82 Å². The van der Waals surface area contributed by atoms with E-state index in [4.69, 9.17) is 9.47 Å². The van der Waals surface area contributed by atoms with Crippen molar-refractivity contribution in [2.75, 3.05) is 7.11 Å². The second-order valence-electron chi connectivity index (χ2n) is 4.59. The molecule has 0 atom stereocenters. The predicted octanol–water partition coefficient (Wildman–Crippen LogP) is 3.18. The number of hydrogen-bond acceptors (Lipinski definition) is 4. The molecule has 5 heteroatoms. The van der Waals surface area contributed by atoms with E-state index in [0.29, 0.717) is 5.75 Å². The van der Waals surface area contributed by atoms with Gasteiger partial charge in [0.25, 0.3) is 0 Å². The first-order valence-electron chi connectivity index (χ1n) is 6.59. The van der Waals surface area contributed by atoms with Crippen LogP contribution in [0.4, 0.5) is 4.39 Å². The molecule has 0 spiro atoms. The number of carbonyl (C=O) groups excluding carboxylic acids is 1. The van der Waals surface area contributed by atoms with E-state index in [2.05, 4.69) is 4.99 Å². The Kier molecular flexibility index (Phi) is 3.70. The normalized spacial score (nSPS) is 15.6. The van der Waals surface area contributed by atoms with Gasteiger partial charge < -0.3 is 9.47 Å². The first kappa shape index (κ1) is 14.0. The molecule has 2 aromatic rings. The number of nitrogens with zero attached hydrogens (tertiary/aromatic N) is 1. The third-order valence-corrected chi connectivity index (χ3v) is 3.12. The lowest BCUT2D eigenvalue weighted by molar-refractivity contribution is -0.129. The summed E-state index contributed by atoms with van der Waals surface area (Å²) in [6, 6.07) is 13.2. The minimum atomic E-state index is -0.610. The number of aliphatic imine (C=N–C) groups is 1. The molecule has 2 aromatic carbocycles. The Morgan fingerprint density at radius 1 is 1.18 bits per heavy atom. The highest BCUT2D eigenvalue weighted by molar-refractivity contribution is 6.12. The molecule has 1 aliphatic rings. The van der Waals surface area contributed by atoms with Crippen molar-refractivity contribution in [1.82, 2.24) is 0 Å². The Balaban J connectivity index is 1.96. The Morgan fingerprint density at radius 3 is 2.77 bits per heavy atom. The molecule has 4 nitrogen and oxygen atoms in total. The van der Waals surface area contributed by atoms with Crippen LogP contribution in [0.15, 0.2) is 59.2 Å². The zero-order valence-corrected chi connectivity index (χ0v) is 11.7. The minimum Gasteiger partial charge on any atom is -0.497 e. The summed E-state index contributed by atoms with van der Waals surface area (Å²) < 4.78 is 23.9. The number of methoxy groups -OCH3 is 1. The molecule has 0 radical (unpaired) electrons. The molecule has 0 aromatic heterocycles. The summed E-state index contributed by atoms with van der Waals surface area (Å²) in [5.74, 6) is -0.464. The lowest BCUT2D eigenvalue weighted by Gasteiger charge is -2.00. The Hall–Kier alpha value is -2.95. The molecule has 1 aliphatic heterocycles. The van der Waals surface area contributed by atoms with Crippen molar-refractivity contribution in [3.63, 3.8) is 0 Å². The zero-order chi connectivity index (χ0) is 15.5. The molecule has 0 aliphatic carbocycles. The number of halogens is 1. The topological polar surface area (TPSA) is 47.9 Å². The van der Waals surface area contributed by atoms with Gasteiger partial charge >= 0.3 is 5.97 Å². The fourth-order valence-corrected chi connectivity index (χ4v) is 2.05. The molecule has 0 saturated carbocycles. The predicted molar refractivity (Wildman–Crippen MR) is 80.0 cm³/mol. The highest BCUT2D eigenvalue weighted by Crippen LogP contribution is 2.22. The van der Waals surface area contributed by atoms with Crippen molar-refractivity contribution in [1.29, 1.82) is 0 Å². The van der Waals surface area contributed by atoms with E-state index in [1.54, 1.807) is 49.6 Å². The van der Waals surface area contributed by atoms with Crippen LogP contribution in [0.3, 0.4) is 0 Å². The van der Waals surface area contributed by atoms with Gasteiger partial charge in [0.2, 0.25) is 5.90 Å². The first-order chi connectivity index (χ1) is 10.7.